The van der Waals surface area contributed by atoms with Gasteiger partial charge in [0.2, 0.25) is 0 Å². The van der Waals surface area contributed by atoms with Crippen molar-refractivity contribution in [2.45, 2.75) is 25.3 Å². The highest BCUT2D eigenvalue weighted by atomic mass is 19.1. The average Bonchev–Trinajstić information content (AvgIpc) is 3.16. The largest absolute Gasteiger partial charge is 0.507 e. The summed E-state index contributed by atoms with van der Waals surface area (Å²) >= 11 is 0. The lowest BCUT2D eigenvalue weighted by Crippen LogP contribution is -2.28. The Labute approximate surface area is 155 Å². The van der Waals surface area contributed by atoms with Crippen molar-refractivity contribution < 1.29 is 28.2 Å². The van der Waals surface area contributed by atoms with Crippen LogP contribution in [0.15, 0.2) is 36.4 Å². The number of hydrogen-bond donors (Lipinski definition) is 2. The van der Waals surface area contributed by atoms with Crippen LogP contribution in [0.1, 0.15) is 39.1 Å². The molecule has 0 amide bonds. The van der Waals surface area contributed by atoms with E-state index in [9.17, 15) is 23.5 Å². The van der Waals surface area contributed by atoms with Crippen molar-refractivity contribution in [3.8, 4) is 5.75 Å². The van der Waals surface area contributed by atoms with Gasteiger partial charge in [0, 0.05) is 24.1 Å². The molecule has 3 rings (SSSR count). The van der Waals surface area contributed by atoms with Gasteiger partial charge in [-0.2, -0.15) is 0 Å². The van der Waals surface area contributed by atoms with Crippen molar-refractivity contribution in [2.24, 2.45) is 0 Å². The van der Waals surface area contributed by atoms with Gasteiger partial charge in [0.15, 0.2) is 5.78 Å². The van der Waals surface area contributed by atoms with Gasteiger partial charge in [0.1, 0.15) is 29.6 Å². The van der Waals surface area contributed by atoms with E-state index >= 15 is 0 Å². The maximum atomic E-state index is 13.7. The fourth-order valence-electron chi connectivity index (χ4n) is 2.97. The van der Waals surface area contributed by atoms with E-state index in [0.29, 0.717) is 6.07 Å². The number of hydrogen-bond acceptors (Lipinski definition) is 5. The van der Waals surface area contributed by atoms with Crippen LogP contribution in [0.25, 0.3) is 0 Å². The molecular formula is C20H19F2NO4. The summed E-state index contributed by atoms with van der Waals surface area (Å²) in [6.07, 6.45) is 1.62. The van der Waals surface area contributed by atoms with Crippen molar-refractivity contribution in [2.75, 3.05) is 13.2 Å². The molecule has 0 radical (unpaired) electrons. The predicted octanol–water partition coefficient (Wildman–Crippen LogP) is 3.00. The average molecular weight is 375 g/mol. The molecular weight excluding hydrogens is 356 g/mol. The van der Waals surface area contributed by atoms with Crippen LogP contribution in [0.4, 0.5) is 8.78 Å². The number of carbonyl (C=O) groups excluding carboxylic acids is 2. The lowest BCUT2D eigenvalue weighted by atomic mass is 10.0. The van der Waals surface area contributed by atoms with Crippen LogP contribution in [-0.2, 0) is 11.2 Å². The number of esters is 1. The fourth-order valence-corrected chi connectivity index (χ4v) is 2.97. The highest BCUT2D eigenvalue weighted by Crippen LogP contribution is 2.22. The Bertz CT molecular complexity index is 863. The zero-order chi connectivity index (χ0) is 19.4. The molecule has 0 saturated carbocycles. The molecule has 1 atom stereocenters. The molecule has 27 heavy (non-hydrogen) atoms. The highest BCUT2D eigenvalue weighted by molar-refractivity contribution is 6.01. The molecule has 7 heteroatoms. The van der Waals surface area contributed by atoms with E-state index in [-0.39, 0.29) is 41.5 Å². The summed E-state index contributed by atoms with van der Waals surface area (Å²) in [7, 11) is 0. The molecule has 2 aromatic carbocycles. The number of ketones is 1. The Morgan fingerprint density at radius 2 is 2.00 bits per heavy atom. The molecule has 0 aliphatic carbocycles. The summed E-state index contributed by atoms with van der Waals surface area (Å²) < 4.78 is 31.9. The maximum absolute atomic E-state index is 13.7. The molecule has 0 aromatic heterocycles. The van der Waals surface area contributed by atoms with Crippen molar-refractivity contribution in [3.63, 3.8) is 0 Å². The van der Waals surface area contributed by atoms with Crippen molar-refractivity contribution >= 4 is 11.8 Å². The van der Waals surface area contributed by atoms with Gasteiger partial charge in [0.05, 0.1) is 0 Å². The molecule has 5 nitrogen and oxygen atoms in total. The number of rotatable bonds is 6. The fraction of sp³-hybridized carbons (Fsp3) is 0.300. The quantitative estimate of drug-likeness (QED) is 0.600. The number of nitrogens with one attached hydrogen (secondary N) is 1. The highest BCUT2D eigenvalue weighted by Gasteiger charge is 2.20. The smallest absolute Gasteiger partial charge is 0.341 e. The second kappa shape index (κ2) is 8.26. The first-order valence-corrected chi connectivity index (χ1v) is 8.64. The molecule has 1 unspecified atom stereocenters. The van der Waals surface area contributed by atoms with Gasteiger partial charge in [-0.1, -0.05) is 6.07 Å². The molecule has 2 N–H and O–H groups in total. The van der Waals surface area contributed by atoms with E-state index in [4.69, 9.17) is 4.74 Å². The molecule has 1 fully saturated rings. The minimum absolute atomic E-state index is 0.0471. The van der Waals surface area contributed by atoms with Gasteiger partial charge in [0.25, 0.3) is 0 Å². The van der Waals surface area contributed by atoms with Gasteiger partial charge in [-0.05, 0) is 49.2 Å². The normalized spacial score (nSPS) is 16.3. The number of carbonyl (C=O) groups is 2. The molecule has 1 heterocycles. The van der Waals surface area contributed by atoms with Gasteiger partial charge >= 0.3 is 5.97 Å². The zero-order valence-electron chi connectivity index (χ0n) is 14.5. The summed E-state index contributed by atoms with van der Waals surface area (Å²) in [6.45, 7) is 1.05. The SMILES string of the molecule is O=C(Cc1ccc(F)cc1F)c1ccc(O)c(C(=O)OCC2CCCN2)c1. The summed E-state index contributed by atoms with van der Waals surface area (Å²) in [4.78, 5) is 24.6. The standard InChI is InChI=1S/C20H19F2NO4/c21-14-5-3-12(17(22)10-14)9-19(25)13-4-6-18(24)16(8-13)20(26)27-11-15-2-1-7-23-15/h3-6,8,10,15,23-24H,1-2,7,9,11H2. The van der Waals surface area contributed by atoms with Gasteiger partial charge in [-0.3, -0.25) is 4.79 Å². The van der Waals surface area contributed by atoms with Crippen LogP contribution in [0, 0.1) is 11.6 Å². The van der Waals surface area contributed by atoms with E-state index < -0.39 is 23.4 Å². The van der Waals surface area contributed by atoms with Crippen molar-refractivity contribution in [3.05, 3.63) is 64.7 Å². The van der Waals surface area contributed by atoms with E-state index in [1.807, 2.05) is 0 Å². The van der Waals surface area contributed by atoms with Crippen LogP contribution in [0.3, 0.4) is 0 Å². The first-order valence-electron chi connectivity index (χ1n) is 8.64. The topological polar surface area (TPSA) is 75.6 Å². The second-order valence-electron chi connectivity index (χ2n) is 6.46. The molecule has 1 saturated heterocycles. The Morgan fingerprint density at radius 1 is 1.19 bits per heavy atom. The Balaban J connectivity index is 1.71. The van der Waals surface area contributed by atoms with Crippen LogP contribution in [0.2, 0.25) is 0 Å². The number of ether oxygens (including phenoxy) is 1. The number of phenols is 1. The lowest BCUT2D eigenvalue weighted by Gasteiger charge is -2.12. The molecule has 1 aliphatic rings. The van der Waals surface area contributed by atoms with E-state index in [1.54, 1.807) is 0 Å². The number of halogens is 2. The first-order chi connectivity index (χ1) is 12.9. The number of phenolic OH excluding ortho intramolecular Hbond substituents is 1. The molecule has 0 spiro atoms. The van der Waals surface area contributed by atoms with E-state index in [2.05, 4.69) is 5.32 Å². The third-order valence-corrected chi connectivity index (χ3v) is 4.48. The zero-order valence-corrected chi connectivity index (χ0v) is 14.5. The maximum Gasteiger partial charge on any atom is 0.341 e. The Kier molecular flexibility index (Phi) is 5.81. The molecule has 0 bridgehead atoms. The molecule has 142 valence electrons. The van der Waals surface area contributed by atoms with Crippen LogP contribution >= 0.6 is 0 Å². The van der Waals surface area contributed by atoms with Crippen molar-refractivity contribution in [1.82, 2.24) is 5.32 Å². The van der Waals surface area contributed by atoms with Crippen LogP contribution < -0.4 is 5.32 Å². The minimum Gasteiger partial charge on any atom is -0.507 e. The van der Waals surface area contributed by atoms with Gasteiger partial charge in [-0.15, -0.1) is 0 Å². The summed E-state index contributed by atoms with van der Waals surface area (Å²) in [5.41, 5.74) is 0.0480. The summed E-state index contributed by atoms with van der Waals surface area (Å²) in [5.74, 6) is -3.04. The van der Waals surface area contributed by atoms with Gasteiger partial charge < -0.3 is 15.2 Å². The second-order valence-corrected chi connectivity index (χ2v) is 6.46. The van der Waals surface area contributed by atoms with Crippen LogP contribution in [0.5, 0.6) is 5.75 Å². The monoisotopic (exact) mass is 375 g/mol. The number of aromatic hydroxyl groups is 1. The summed E-state index contributed by atoms with van der Waals surface area (Å²) in [5, 5.41) is 13.1. The third-order valence-electron chi connectivity index (χ3n) is 4.48. The molecule has 1 aliphatic heterocycles. The lowest BCUT2D eigenvalue weighted by molar-refractivity contribution is 0.0470. The minimum atomic E-state index is -0.814. The third kappa shape index (κ3) is 4.68. The summed E-state index contributed by atoms with van der Waals surface area (Å²) in [6, 6.07) is 6.85. The van der Waals surface area contributed by atoms with E-state index in [0.717, 1.165) is 25.5 Å². The number of Topliss-reactive ketones (excluding diaryl/α,β-unsaturated/α-hetero) is 1. The van der Waals surface area contributed by atoms with Crippen LogP contribution in [-0.4, -0.2) is 36.1 Å². The van der Waals surface area contributed by atoms with Gasteiger partial charge in [-0.25, -0.2) is 13.6 Å². The molecule has 2 aromatic rings. The predicted molar refractivity (Wildman–Crippen MR) is 93.8 cm³/mol. The van der Waals surface area contributed by atoms with Crippen molar-refractivity contribution in [1.29, 1.82) is 0 Å². The number of benzene rings is 2. The Hall–Kier alpha value is -2.80. The van der Waals surface area contributed by atoms with E-state index in [1.165, 1.54) is 24.3 Å². The Morgan fingerprint density at radius 3 is 2.70 bits per heavy atom. The first kappa shape index (κ1) is 19.0.